The van der Waals surface area contributed by atoms with E-state index < -0.39 is 23.7 Å². The molecule has 1 amide bonds. The zero-order valence-corrected chi connectivity index (χ0v) is 18.4. The summed E-state index contributed by atoms with van der Waals surface area (Å²) >= 11 is 0. The van der Waals surface area contributed by atoms with Crippen molar-refractivity contribution in [2.75, 3.05) is 4.90 Å². The first kappa shape index (κ1) is 22.3. The van der Waals surface area contributed by atoms with Gasteiger partial charge in [-0.05, 0) is 60.7 Å². The summed E-state index contributed by atoms with van der Waals surface area (Å²) < 4.78 is 5.09. The number of esters is 1. The number of aliphatic hydroxyl groups is 1. The highest BCUT2D eigenvalue weighted by atomic mass is 16.5. The number of nitrogens with zero attached hydrogens (tertiary/aromatic N) is 1. The number of amides is 1. The van der Waals surface area contributed by atoms with Gasteiger partial charge in [0.2, 0.25) is 0 Å². The average molecular weight is 421 g/mol. The van der Waals surface area contributed by atoms with Gasteiger partial charge < -0.3 is 9.84 Å². The second-order valence-electron chi connectivity index (χ2n) is 8.29. The molecule has 1 atom stereocenters. The number of hydrogen-bond acceptors (Lipinski definition) is 5. The lowest BCUT2D eigenvalue weighted by molar-refractivity contribution is -0.131. The van der Waals surface area contributed by atoms with Crippen LogP contribution >= 0.6 is 0 Å². The van der Waals surface area contributed by atoms with Crippen LogP contribution in [-0.4, -0.2) is 22.8 Å². The van der Waals surface area contributed by atoms with Crippen LogP contribution in [0.2, 0.25) is 0 Å². The molecule has 0 bridgehead atoms. The predicted octanol–water partition coefficient (Wildman–Crippen LogP) is 4.74. The lowest BCUT2D eigenvalue weighted by atomic mass is 9.92. The molecule has 6 heteroatoms. The van der Waals surface area contributed by atoms with Crippen LogP contribution in [0.25, 0.3) is 0 Å². The van der Waals surface area contributed by atoms with Crippen LogP contribution in [0.3, 0.4) is 0 Å². The molecule has 3 rings (SSSR count). The number of aryl methyl sites for hydroxylation is 2. The number of carbonyl (C=O) groups excluding carboxylic acids is 3. The van der Waals surface area contributed by atoms with Gasteiger partial charge in [-0.25, -0.2) is 0 Å². The second kappa shape index (κ2) is 8.76. The van der Waals surface area contributed by atoms with Gasteiger partial charge >= 0.3 is 5.97 Å². The third-order valence-electron chi connectivity index (χ3n) is 5.33. The first-order valence-electron chi connectivity index (χ1n) is 10.3. The van der Waals surface area contributed by atoms with Crippen molar-refractivity contribution in [2.45, 2.75) is 47.1 Å². The summed E-state index contributed by atoms with van der Waals surface area (Å²) in [6.07, 6.45) is 0.218. The van der Waals surface area contributed by atoms with Gasteiger partial charge in [0.25, 0.3) is 5.91 Å². The normalized spacial score (nSPS) is 16.3. The quantitative estimate of drug-likeness (QED) is 0.538. The van der Waals surface area contributed by atoms with E-state index in [9.17, 15) is 19.5 Å². The minimum Gasteiger partial charge on any atom is -0.503 e. The molecule has 0 aromatic heterocycles. The molecule has 0 spiro atoms. The second-order valence-corrected chi connectivity index (χ2v) is 8.29. The number of aliphatic hydroxyl groups excluding tert-OH is 1. The highest BCUT2D eigenvalue weighted by Crippen LogP contribution is 2.42. The zero-order valence-electron chi connectivity index (χ0n) is 18.4. The SMILES string of the molecule is CC(=O)Oc1ccc(C2C(C(=O)CC(C)C)=C(O)C(=O)N2c2ccc(C)c(C)c2)cc1. The van der Waals surface area contributed by atoms with E-state index in [0.29, 0.717) is 17.0 Å². The Bertz CT molecular complexity index is 1070. The summed E-state index contributed by atoms with van der Waals surface area (Å²) in [6, 6.07) is 11.4. The molecule has 0 aliphatic carbocycles. The molecule has 31 heavy (non-hydrogen) atoms. The summed E-state index contributed by atoms with van der Waals surface area (Å²) in [5, 5.41) is 10.7. The van der Waals surface area contributed by atoms with E-state index in [4.69, 9.17) is 4.74 Å². The summed E-state index contributed by atoms with van der Waals surface area (Å²) in [7, 11) is 0. The smallest absolute Gasteiger partial charge is 0.308 e. The van der Waals surface area contributed by atoms with Crippen LogP contribution < -0.4 is 9.64 Å². The molecule has 0 saturated carbocycles. The van der Waals surface area contributed by atoms with Crippen molar-refractivity contribution in [2.24, 2.45) is 5.92 Å². The van der Waals surface area contributed by atoms with Gasteiger partial charge in [0.05, 0.1) is 11.6 Å². The fourth-order valence-corrected chi connectivity index (χ4v) is 3.71. The summed E-state index contributed by atoms with van der Waals surface area (Å²) in [5.41, 5.74) is 3.40. The maximum Gasteiger partial charge on any atom is 0.308 e. The molecule has 1 N–H and O–H groups in total. The Kier molecular flexibility index (Phi) is 6.29. The highest BCUT2D eigenvalue weighted by molar-refractivity contribution is 6.16. The van der Waals surface area contributed by atoms with Gasteiger partial charge in [-0.1, -0.05) is 32.0 Å². The summed E-state index contributed by atoms with van der Waals surface area (Å²) in [6.45, 7) is 9.06. The van der Waals surface area contributed by atoms with Crippen LogP contribution in [0.5, 0.6) is 5.75 Å². The fourth-order valence-electron chi connectivity index (χ4n) is 3.71. The Morgan fingerprint density at radius 2 is 1.71 bits per heavy atom. The lowest BCUT2D eigenvalue weighted by Gasteiger charge is -2.27. The van der Waals surface area contributed by atoms with Crippen molar-refractivity contribution in [3.05, 3.63) is 70.5 Å². The minimum absolute atomic E-state index is 0.0746. The van der Waals surface area contributed by atoms with Crippen LogP contribution in [0.1, 0.15) is 49.9 Å². The van der Waals surface area contributed by atoms with Crippen LogP contribution in [0.4, 0.5) is 5.69 Å². The van der Waals surface area contributed by atoms with Crippen molar-refractivity contribution < 1.29 is 24.2 Å². The van der Waals surface area contributed by atoms with Gasteiger partial charge in [-0.2, -0.15) is 0 Å². The Balaban J connectivity index is 2.12. The summed E-state index contributed by atoms with van der Waals surface area (Å²) in [5.74, 6) is -1.39. The summed E-state index contributed by atoms with van der Waals surface area (Å²) in [4.78, 5) is 38.8. The Labute approximate surface area is 182 Å². The van der Waals surface area contributed by atoms with Crippen LogP contribution in [-0.2, 0) is 14.4 Å². The Morgan fingerprint density at radius 3 is 2.26 bits per heavy atom. The molecular weight excluding hydrogens is 394 g/mol. The van der Waals surface area contributed by atoms with Gasteiger partial charge in [-0.3, -0.25) is 19.3 Å². The standard InChI is InChI=1S/C25H27NO5/c1-14(2)12-21(28)22-23(18-7-10-20(11-8-18)31-17(5)27)26(25(30)24(22)29)19-9-6-15(3)16(4)13-19/h6-11,13-14,23,29H,12H2,1-5H3. The molecule has 2 aromatic rings. The monoisotopic (exact) mass is 421 g/mol. The molecule has 162 valence electrons. The van der Waals surface area contributed by atoms with Crippen molar-refractivity contribution in [1.29, 1.82) is 0 Å². The van der Waals surface area contributed by atoms with E-state index in [2.05, 4.69) is 0 Å². The number of carbonyl (C=O) groups is 3. The van der Waals surface area contributed by atoms with E-state index >= 15 is 0 Å². The van der Waals surface area contributed by atoms with Crippen LogP contribution in [0.15, 0.2) is 53.8 Å². The Hall–Kier alpha value is -3.41. The average Bonchev–Trinajstić information content (AvgIpc) is 2.95. The topological polar surface area (TPSA) is 83.9 Å². The van der Waals surface area contributed by atoms with E-state index in [1.807, 2.05) is 45.9 Å². The van der Waals surface area contributed by atoms with Crippen molar-refractivity contribution >= 4 is 23.3 Å². The maximum absolute atomic E-state index is 13.1. The highest BCUT2D eigenvalue weighted by Gasteiger charge is 2.44. The number of anilines is 1. The number of ether oxygens (including phenoxy) is 1. The molecule has 0 saturated heterocycles. The van der Waals surface area contributed by atoms with Crippen molar-refractivity contribution in [1.82, 2.24) is 0 Å². The molecule has 2 aromatic carbocycles. The number of rotatable bonds is 6. The van der Waals surface area contributed by atoms with Gasteiger partial charge in [-0.15, -0.1) is 0 Å². The largest absolute Gasteiger partial charge is 0.503 e. The van der Waals surface area contributed by atoms with Crippen molar-refractivity contribution in [3.63, 3.8) is 0 Å². The number of ketones is 1. The Morgan fingerprint density at radius 1 is 1.06 bits per heavy atom. The van der Waals surface area contributed by atoms with E-state index in [0.717, 1.165) is 11.1 Å². The third-order valence-corrected chi connectivity index (χ3v) is 5.33. The number of hydrogen-bond donors (Lipinski definition) is 1. The third kappa shape index (κ3) is 4.53. The molecular formula is C25H27NO5. The number of benzene rings is 2. The van der Waals surface area contributed by atoms with Gasteiger partial charge in [0.15, 0.2) is 11.5 Å². The molecule has 0 fully saturated rings. The van der Waals surface area contributed by atoms with Crippen molar-refractivity contribution in [3.8, 4) is 5.75 Å². The molecule has 1 heterocycles. The first-order valence-corrected chi connectivity index (χ1v) is 10.3. The predicted molar refractivity (Wildman–Crippen MR) is 118 cm³/mol. The number of Topliss-reactive ketones (excluding diaryl/α,β-unsaturated/α-hetero) is 1. The molecule has 1 aliphatic rings. The molecule has 0 radical (unpaired) electrons. The van der Waals surface area contributed by atoms with E-state index in [-0.39, 0.29) is 23.7 Å². The zero-order chi connectivity index (χ0) is 22.9. The maximum atomic E-state index is 13.1. The van der Waals surface area contributed by atoms with E-state index in [1.165, 1.54) is 11.8 Å². The molecule has 1 aliphatic heterocycles. The van der Waals surface area contributed by atoms with Gasteiger partial charge in [0.1, 0.15) is 5.75 Å². The molecule has 1 unspecified atom stereocenters. The lowest BCUT2D eigenvalue weighted by Crippen LogP contribution is -2.31. The van der Waals surface area contributed by atoms with Gasteiger partial charge in [0, 0.05) is 19.0 Å². The van der Waals surface area contributed by atoms with E-state index in [1.54, 1.807) is 24.3 Å². The first-order chi connectivity index (χ1) is 14.6. The fraction of sp³-hybridized carbons (Fsp3) is 0.320. The van der Waals surface area contributed by atoms with Crippen LogP contribution in [0, 0.1) is 19.8 Å². The minimum atomic E-state index is -0.771. The molecule has 6 nitrogen and oxygen atoms in total.